The summed E-state index contributed by atoms with van der Waals surface area (Å²) in [5.74, 6) is 0.496. The number of aliphatic hydroxyl groups excluding tert-OH is 1. The minimum Gasteiger partial charge on any atom is -0.396 e. The first-order chi connectivity index (χ1) is 5.92. The van der Waals surface area contributed by atoms with Crippen LogP contribution in [0.25, 0.3) is 0 Å². The standard InChI is InChI=1S/C10H17NO/c12-8-9-4-3-7-11-6-2-1-5-10(9)11/h3,7,9-10,12H,1-2,4-6,8H2/t9-,10?/m1/s1. The van der Waals surface area contributed by atoms with Crippen LogP contribution in [-0.4, -0.2) is 29.2 Å². The molecule has 0 saturated carbocycles. The number of rotatable bonds is 1. The summed E-state index contributed by atoms with van der Waals surface area (Å²) in [5.41, 5.74) is 0. The Morgan fingerprint density at radius 2 is 2.33 bits per heavy atom. The second-order valence-corrected chi connectivity index (χ2v) is 3.86. The molecular formula is C10H17NO. The first-order valence-electron chi connectivity index (χ1n) is 4.95. The van der Waals surface area contributed by atoms with Gasteiger partial charge in [0.2, 0.25) is 0 Å². The van der Waals surface area contributed by atoms with Crippen molar-refractivity contribution in [2.75, 3.05) is 13.2 Å². The maximum Gasteiger partial charge on any atom is 0.0481 e. The fourth-order valence-electron chi connectivity index (χ4n) is 2.40. The molecule has 1 unspecified atom stereocenters. The minimum absolute atomic E-state index is 0.353. The fraction of sp³-hybridized carbons (Fsp3) is 0.800. The van der Waals surface area contributed by atoms with Gasteiger partial charge in [-0.05, 0) is 31.9 Å². The summed E-state index contributed by atoms with van der Waals surface area (Å²) in [6, 6.07) is 0.633. The summed E-state index contributed by atoms with van der Waals surface area (Å²) in [4.78, 5) is 2.41. The van der Waals surface area contributed by atoms with Gasteiger partial charge in [0.1, 0.15) is 0 Å². The summed E-state index contributed by atoms with van der Waals surface area (Å²) in [5, 5.41) is 9.17. The van der Waals surface area contributed by atoms with Gasteiger partial charge in [-0.15, -0.1) is 0 Å². The highest BCUT2D eigenvalue weighted by atomic mass is 16.3. The lowest BCUT2D eigenvalue weighted by Gasteiger charge is -2.41. The van der Waals surface area contributed by atoms with Gasteiger partial charge in [-0.25, -0.2) is 0 Å². The fourth-order valence-corrected chi connectivity index (χ4v) is 2.40. The first kappa shape index (κ1) is 8.11. The van der Waals surface area contributed by atoms with Gasteiger partial charge in [-0.2, -0.15) is 0 Å². The van der Waals surface area contributed by atoms with E-state index in [-0.39, 0.29) is 0 Å². The van der Waals surface area contributed by atoms with Crippen LogP contribution in [0, 0.1) is 5.92 Å². The van der Waals surface area contributed by atoms with E-state index in [4.69, 9.17) is 5.11 Å². The molecule has 2 heterocycles. The first-order valence-corrected chi connectivity index (χ1v) is 4.95. The molecule has 0 aliphatic carbocycles. The Hall–Kier alpha value is -0.500. The van der Waals surface area contributed by atoms with Crippen LogP contribution in [0.5, 0.6) is 0 Å². The molecule has 1 N–H and O–H groups in total. The number of hydrogen-bond donors (Lipinski definition) is 1. The van der Waals surface area contributed by atoms with Crippen molar-refractivity contribution in [3.05, 3.63) is 12.3 Å². The number of hydrogen-bond acceptors (Lipinski definition) is 2. The molecule has 0 amide bonds. The Bertz CT molecular complexity index is 179. The van der Waals surface area contributed by atoms with Crippen LogP contribution in [0.15, 0.2) is 12.3 Å². The predicted molar refractivity (Wildman–Crippen MR) is 48.7 cm³/mol. The van der Waals surface area contributed by atoms with Crippen molar-refractivity contribution in [3.63, 3.8) is 0 Å². The molecule has 0 aromatic heterocycles. The maximum absolute atomic E-state index is 9.17. The lowest BCUT2D eigenvalue weighted by atomic mass is 9.86. The van der Waals surface area contributed by atoms with Crippen molar-refractivity contribution >= 4 is 0 Å². The van der Waals surface area contributed by atoms with E-state index in [0.29, 0.717) is 18.6 Å². The molecule has 0 radical (unpaired) electrons. The summed E-state index contributed by atoms with van der Waals surface area (Å²) < 4.78 is 0. The highest BCUT2D eigenvalue weighted by molar-refractivity contribution is 4.99. The normalized spacial score (nSPS) is 34.9. The monoisotopic (exact) mass is 167 g/mol. The van der Waals surface area contributed by atoms with Crippen molar-refractivity contribution in [1.82, 2.24) is 4.90 Å². The van der Waals surface area contributed by atoms with E-state index in [1.165, 1.54) is 25.8 Å². The molecule has 2 nitrogen and oxygen atoms in total. The molecular weight excluding hydrogens is 150 g/mol. The van der Waals surface area contributed by atoms with Crippen LogP contribution >= 0.6 is 0 Å². The molecule has 2 aliphatic rings. The van der Waals surface area contributed by atoms with Crippen LogP contribution < -0.4 is 0 Å². The number of aliphatic hydroxyl groups is 1. The van der Waals surface area contributed by atoms with Crippen LogP contribution in [0.2, 0.25) is 0 Å². The largest absolute Gasteiger partial charge is 0.396 e. The molecule has 2 aliphatic heterocycles. The Morgan fingerprint density at radius 3 is 3.17 bits per heavy atom. The lowest BCUT2D eigenvalue weighted by Crippen LogP contribution is -2.43. The third-order valence-corrected chi connectivity index (χ3v) is 3.11. The second kappa shape index (κ2) is 3.48. The number of fused-ring (bicyclic) bond motifs is 1. The van der Waals surface area contributed by atoms with Gasteiger partial charge in [0, 0.05) is 25.1 Å². The van der Waals surface area contributed by atoms with E-state index >= 15 is 0 Å². The molecule has 0 aromatic rings. The molecule has 0 spiro atoms. The average Bonchev–Trinajstić information content (AvgIpc) is 2.17. The SMILES string of the molecule is OC[C@H]1CC=CN2CCCCC12. The van der Waals surface area contributed by atoms with Crippen LogP contribution in [-0.2, 0) is 0 Å². The van der Waals surface area contributed by atoms with Crippen molar-refractivity contribution in [3.8, 4) is 0 Å². The van der Waals surface area contributed by atoms with Crippen molar-refractivity contribution in [2.45, 2.75) is 31.7 Å². The number of nitrogens with zero attached hydrogens (tertiary/aromatic N) is 1. The molecule has 1 saturated heterocycles. The highest BCUT2D eigenvalue weighted by Crippen LogP contribution is 2.28. The smallest absolute Gasteiger partial charge is 0.0481 e. The van der Waals surface area contributed by atoms with Crippen LogP contribution in [0.4, 0.5) is 0 Å². The minimum atomic E-state index is 0.353. The quantitative estimate of drug-likeness (QED) is 0.637. The molecule has 68 valence electrons. The van der Waals surface area contributed by atoms with Crippen molar-refractivity contribution in [1.29, 1.82) is 0 Å². The Balaban J connectivity index is 2.07. The van der Waals surface area contributed by atoms with Gasteiger partial charge in [-0.3, -0.25) is 0 Å². The Kier molecular flexibility index (Phi) is 2.35. The van der Waals surface area contributed by atoms with E-state index in [9.17, 15) is 0 Å². The van der Waals surface area contributed by atoms with Crippen LogP contribution in [0.3, 0.4) is 0 Å². The average molecular weight is 167 g/mol. The summed E-state index contributed by atoms with van der Waals surface area (Å²) >= 11 is 0. The van der Waals surface area contributed by atoms with Gasteiger partial charge in [0.25, 0.3) is 0 Å². The third-order valence-electron chi connectivity index (χ3n) is 3.11. The Morgan fingerprint density at radius 1 is 1.42 bits per heavy atom. The zero-order chi connectivity index (χ0) is 8.39. The highest BCUT2D eigenvalue weighted by Gasteiger charge is 2.29. The predicted octanol–water partition coefficient (Wildman–Crippen LogP) is 1.37. The molecule has 0 bridgehead atoms. The topological polar surface area (TPSA) is 23.5 Å². The Labute approximate surface area is 73.9 Å². The van der Waals surface area contributed by atoms with Crippen molar-refractivity contribution < 1.29 is 5.11 Å². The second-order valence-electron chi connectivity index (χ2n) is 3.86. The van der Waals surface area contributed by atoms with Gasteiger partial charge in [0.05, 0.1) is 0 Å². The maximum atomic E-state index is 9.17. The lowest BCUT2D eigenvalue weighted by molar-refractivity contribution is 0.0929. The molecule has 2 atom stereocenters. The van der Waals surface area contributed by atoms with E-state index in [2.05, 4.69) is 17.2 Å². The van der Waals surface area contributed by atoms with Gasteiger partial charge in [0.15, 0.2) is 0 Å². The molecule has 2 rings (SSSR count). The van der Waals surface area contributed by atoms with Gasteiger partial charge in [-0.1, -0.05) is 6.08 Å². The van der Waals surface area contributed by atoms with E-state index in [0.717, 1.165) is 6.42 Å². The zero-order valence-electron chi connectivity index (χ0n) is 7.45. The molecule has 2 heteroatoms. The summed E-state index contributed by atoms with van der Waals surface area (Å²) in [6.07, 6.45) is 9.41. The molecule has 12 heavy (non-hydrogen) atoms. The van der Waals surface area contributed by atoms with Crippen molar-refractivity contribution in [2.24, 2.45) is 5.92 Å². The van der Waals surface area contributed by atoms with E-state index < -0.39 is 0 Å². The van der Waals surface area contributed by atoms with Gasteiger partial charge >= 0.3 is 0 Å². The van der Waals surface area contributed by atoms with E-state index in [1.54, 1.807) is 0 Å². The molecule has 1 fully saturated rings. The third kappa shape index (κ3) is 1.36. The summed E-state index contributed by atoms with van der Waals surface area (Å²) in [6.45, 7) is 1.54. The number of piperidine rings is 1. The van der Waals surface area contributed by atoms with Gasteiger partial charge < -0.3 is 10.0 Å². The molecule has 0 aromatic carbocycles. The summed E-state index contributed by atoms with van der Waals surface area (Å²) in [7, 11) is 0. The zero-order valence-corrected chi connectivity index (χ0v) is 7.45. The number of allylic oxidation sites excluding steroid dienone is 1. The van der Waals surface area contributed by atoms with Crippen LogP contribution in [0.1, 0.15) is 25.7 Å². The van der Waals surface area contributed by atoms with E-state index in [1.807, 2.05) is 0 Å².